The molecule has 0 aliphatic carbocycles. The Morgan fingerprint density at radius 1 is 1.38 bits per heavy atom. The van der Waals surface area contributed by atoms with E-state index in [0.29, 0.717) is 0 Å². The van der Waals surface area contributed by atoms with Gasteiger partial charge in [-0.1, -0.05) is 0 Å². The zero-order valence-electron chi connectivity index (χ0n) is 9.15. The quantitative estimate of drug-likeness (QED) is 0.816. The van der Waals surface area contributed by atoms with Gasteiger partial charge in [-0.2, -0.15) is 0 Å². The fraction of sp³-hybridized carbons (Fsp3) is 0.250. The van der Waals surface area contributed by atoms with Crippen LogP contribution in [0.1, 0.15) is 26.2 Å². The summed E-state index contributed by atoms with van der Waals surface area (Å²) < 4.78 is 0. The van der Waals surface area contributed by atoms with E-state index in [4.69, 9.17) is 0 Å². The maximum Gasteiger partial charge on any atom is 0.0900 e. The number of fused-ring (bicyclic) bond motifs is 1. The molecule has 0 spiro atoms. The Morgan fingerprint density at radius 2 is 2.25 bits per heavy atom. The average Bonchev–Trinajstić information content (AvgIpc) is 2.84. The third kappa shape index (κ3) is 1.49. The molecule has 0 fully saturated rings. The summed E-state index contributed by atoms with van der Waals surface area (Å²) in [6, 6.07) is 4.65. The van der Waals surface area contributed by atoms with E-state index >= 15 is 0 Å². The molecule has 0 radical (unpaired) electrons. The Hall–Kier alpha value is -1.13. The van der Waals surface area contributed by atoms with Crippen molar-refractivity contribution in [2.24, 2.45) is 4.99 Å². The number of hydrogen-bond acceptors (Lipinski definition) is 4. The summed E-state index contributed by atoms with van der Waals surface area (Å²) >= 11 is 3.63. The van der Waals surface area contributed by atoms with Gasteiger partial charge < -0.3 is 5.32 Å². The van der Waals surface area contributed by atoms with Gasteiger partial charge in [0.1, 0.15) is 0 Å². The van der Waals surface area contributed by atoms with Crippen LogP contribution in [0.25, 0.3) is 0 Å². The summed E-state index contributed by atoms with van der Waals surface area (Å²) in [5.74, 6) is 0. The number of rotatable bonds is 1. The van der Waals surface area contributed by atoms with Gasteiger partial charge in [-0.3, -0.25) is 0 Å². The normalized spacial score (nSPS) is 18.2. The minimum Gasteiger partial charge on any atom is -0.364 e. The lowest BCUT2D eigenvalue weighted by Crippen LogP contribution is -2.22. The van der Waals surface area contributed by atoms with Crippen molar-refractivity contribution in [2.75, 3.05) is 0 Å². The SMILES string of the molecule is Cc1cc(C2NC=Nc3ccsc32)c(C)s1. The molecule has 3 heterocycles. The van der Waals surface area contributed by atoms with Crippen LogP contribution in [0.15, 0.2) is 22.5 Å². The first-order valence-corrected chi connectivity index (χ1v) is 6.88. The number of aryl methyl sites for hydroxylation is 2. The van der Waals surface area contributed by atoms with Gasteiger partial charge in [0.25, 0.3) is 0 Å². The highest BCUT2D eigenvalue weighted by Crippen LogP contribution is 2.39. The van der Waals surface area contributed by atoms with E-state index in [1.807, 2.05) is 17.7 Å². The lowest BCUT2D eigenvalue weighted by atomic mass is 10.0. The third-order valence-corrected chi connectivity index (χ3v) is 4.72. The van der Waals surface area contributed by atoms with Gasteiger partial charge in [0.15, 0.2) is 0 Å². The summed E-state index contributed by atoms with van der Waals surface area (Å²) in [6.07, 6.45) is 1.81. The summed E-state index contributed by atoms with van der Waals surface area (Å²) in [7, 11) is 0. The van der Waals surface area contributed by atoms with Crippen molar-refractivity contribution in [1.82, 2.24) is 5.32 Å². The van der Waals surface area contributed by atoms with E-state index in [9.17, 15) is 0 Å². The minimum atomic E-state index is 0.289. The predicted molar refractivity (Wildman–Crippen MR) is 71.2 cm³/mol. The molecule has 1 aliphatic heterocycles. The Morgan fingerprint density at radius 3 is 3.00 bits per heavy atom. The standard InChI is InChI=1S/C12H12N2S2/c1-7-5-9(8(2)16-7)11-12-10(3-4-15-12)13-6-14-11/h3-6,11H,1-2H3,(H,13,14). The Kier molecular flexibility index (Phi) is 2.33. The zero-order valence-corrected chi connectivity index (χ0v) is 10.8. The number of nitrogens with one attached hydrogen (secondary N) is 1. The van der Waals surface area contributed by atoms with Crippen molar-refractivity contribution in [1.29, 1.82) is 0 Å². The van der Waals surface area contributed by atoms with Crippen LogP contribution in [0.3, 0.4) is 0 Å². The van der Waals surface area contributed by atoms with E-state index in [1.54, 1.807) is 11.3 Å². The van der Waals surface area contributed by atoms with Crippen LogP contribution in [0.2, 0.25) is 0 Å². The molecule has 0 amide bonds. The number of hydrogen-bond donors (Lipinski definition) is 1. The van der Waals surface area contributed by atoms with Crippen LogP contribution in [-0.2, 0) is 0 Å². The molecule has 0 bridgehead atoms. The Balaban J connectivity index is 2.10. The monoisotopic (exact) mass is 248 g/mol. The van der Waals surface area contributed by atoms with Crippen molar-refractivity contribution in [3.63, 3.8) is 0 Å². The average molecular weight is 248 g/mol. The summed E-state index contributed by atoms with van der Waals surface area (Å²) in [5.41, 5.74) is 2.49. The predicted octanol–water partition coefficient (Wildman–Crippen LogP) is 3.78. The Bertz CT molecular complexity index is 551. The second kappa shape index (κ2) is 3.71. The molecule has 82 valence electrons. The molecule has 3 rings (SSSR count). The van der Waals surface area contributed by atoms with Gasteiger partial charge in [0.2, 0.25) is 0 Å². The van der Waals surface area contributed by atoms with Gasteiger partial charge in [0.05, 0.1) is 22.9 Å². The highest BCUT2D eigenvalue weighted by Gasteiger charge is 2.23. The van der Waals surface area contributed by atoms with Gasteiger partial charge in [-0.15, -0.1) is 22.7 Å². The van der Waals surface area contributed by atoms with Gasteiger partial charge in [-0.05, 0) is 36.9 Å². The first-order valence-electron chi connectivity index (χ1n) is 5.18. The molecule has 1 unspecified atom stereocenters. The van der Waals surface area contributed by atoms with Crippen LogP contribution < -0.4 is 5.32 Å². The molecule has 2 aromatic rings. The fourth-order valence-electron chi connectivity index (χ4n) is 2.06. The highest BCUT2D eigenvalue weighted by atomic mass is 32.1. The van der Waals surface area contributed by atoms with Crippen molar-refractivity contribution in [3.05, 3.63) is 37.7 Å². The first-order chi connectivity index (χ1) is 7.75. The lowest BCUT2D eigenvalue weighted by molar-refractivity contribution is 0.777. The number of aliphatic imine (C=N–C) groups is 1. The van der Waals surface area contributed by atoms with Crippen molar-refractivity contribution in [3.8, 4) is 0 Å². The van der Waals surface area contributed by atoms with Gasteiger partial charge in [0, 0.05) is 9.75 Å². The van der Waals surface area contributed by atoms with Crippen molar-refractivity contribution < 1.29 is 0 Å². The molecule has 2 nitrogen and oxygen atoms in total. The molecular formula is C12H12N2S2. The summed E-state index contributed by atoms with van der Waals surface area (Å²) in [4.78, 5) is 8.43. The van der Waals surface area contributed by atoms with Crippen molar-refractivity contribution in [2.45, 2.75) is 19.9 Å². The fourth-order valence-corrected chi connectivity index (χ4v) is 3.94. The second-order valence-electron chi connectivity index (χ2n) is 3.90. The van der Waals surface area contributed by atoms with Gasteiger partial charge >= 0.3 is 0 Å². The molecular weight excluding hydrogens is 236 g/mol. The number of thiophene rings is 2. The van der Waals surface area contributed by atoms with Crippen LogP contribution in [0, 0.1) is 13.8 Å². The molecule has 16 heavy (non-hydrogen) atoms. The molecule has 1 aliphatic rings. The van der Waals surface area contributed by atoms with Gasteiger partial charge in [-0.25, -0.2) is 4.99 Å². The smallest absolute Gasteiger partial charge is 0.0900 e. The first kappa shape index (κ1) is 10.1. The van der Waals surface area contributed by atoms with Crippen molar-refractivity contribution >= 4 is 34.7 Å². The summed E-state index contributed by atoms with van der Waals surface area (Å²) in [5, 5.41) is 5.46. The maximum absolute atomic E-state index is 4.34. The maximum atomic E-state index is 4.34. The molecule has 1 atom stereocenters. The number of nitrogens with zero attached hydrogens (tertiary/aromatic N) is 1. The largest absolute Gasteiger partial charge is 0.364 e. The van der Waals surface area contributed by atoms with E-state index in [-0.39, 0.29) is 6.04 Å². The van der Waals surface area contributed by atoms with Crippen LogP contribution in [-0.4, -0.2) is 6.34 Å². The molecule has 0 aromatic carbocycles. The van der Waals surface area contributed by atoms with E-state index < -0.39 is 0 Å². The molecule has 2 aromatic heterocycles. The van der Waals surface area contributed by atoms with E-state index in [1.165, 1.54) is 20.2 Å². The molecule has 4 heteroatoms. The Labute approximate surface area is 103 Å². The minimum absolute atomic E-state index is 0.289. The van der Waals surface area contributed by atoms with Crippen LogP contribution in [0.5, 0.6) is 0 Å². The molecule has 1 N–H and O–H groups in total. The second-order valence-corrected chi connectivity index (χ2v) is 6.30. The molecule has 0 saturated carbocycles. The highest BCUT2D eigenvalue weighted by molar-refractivity contribution is 7.12. The lowest BCUT2D eigenvalue weighted by Gasteiger charge is -2.20. The third-order valence-electron chi connectivity index (χ3n) is 2.77. The van der Waals surface area contributed by atoms with Crippen LogP contribution in [0.4, 0.5) is 5.69 Å². The van der Waals surface area contributed by atoms with E-state index in [2.05, 4.69) is 41.7 Å². The zero-order chi connectivity index (χ0) is 11.1. The topological polar surface area (TPSA) is 24.4 Å². The van der Waals surface area contributed by atoms with Crippen LogP contribution >= 0.6 is 22.7 Å². The molecule has 0 saturated heterocycles. The summed E-state index contributed by atoms with van der Waals surface area (Å²) in [6.45, 7) is 4.35. The van der Waals surface area contributed by atoms with E-state index in [0.717, 1.165) is 5.69 Å².